The maximum atomic E-state index is 11.5. The van der Waals surface area contributed by atoms with Crippen molar-refractivity contribution >= 4 is 9.84 Å². The van der Waals surface area contributed by atoms with Gasteiger partial charge in [0.05, 0.1) is 11.5 Å². The van der Waals surface area contributed by atoms with Crippen LogP contribution in [0.5, 0.6) is 0 Å². The number of sulfone groups is 1. The predicted octanol–water partition coefficient (Wildman–Crippen LogP) is 2.11. The molecule has 0 aliphatic rings. The largest absolute Gasteiger partial charge is 0.328 e. The lowest BCUT2D eigenvalue weighted by Crippen LogP contribution is -2.20. The highest BCUT2D eigenvalue weighted by molar-refractivity contribution is 7.91. The fraction of sp³-hybridized carbons (Fsp3) is 1.00. The van der Waals surface area contributed by atoms with Gasteiger partial charge in [-0.1, -0.05) is 26.7 Å². The maximum Gasteiger partial charge on any atom is 0.150 e. The lowest BCUT2D eigenvalue weighted by Gasteiger charge is -2.08. The number of hydrogen-bond acceptors (Lipinski definition) is 3. The Morgan fingerprint density at radius 1 is 1.07 bits per heavy atom. The van der Waals surface area contributed by atoms with E-state index in [1.165, 1.54) is 0 Å². The van der Waals surface area contributed by atoms with Gasteiger partial charge in [-0.25, -0.2) is 8.42 Å². The lowest BCUT2D eigenvalue weighted by atomic mass is 10.1. The molecule has 0 aliphatic heterocycles. The summed E-state index contributed by atoms with van der Waals surface area (Å²) in [7, 11) is -2.81. The Kier molecular flexibility index (Phi) is 8.06. The summed E-state index contributed by atoms with van der Waals surface area (Å²) in [6.07, 6.45) is 5.34. The molecular formula is C11H25NO2S. The molecule has 0 bridgehead atoms. The Morgan fingerprint density at radius 3 is 2.20 bits per heavy atom. The molecule has 0 aliphatic carbocycles. The van der Waals surface area contributed by atoms with Gasteiger partial charge in [0.1, 0.15) is 9.84 Å². The Bertz CT molecular complexity index is 237. The molecule has 0 aromatic heterocycles. The summed E-state index contributed by atoms with van der Waals surface area (Å²) in [5.74, 6) is 0.659. The van der Waals surface area contributed by atoms with Gasteiger partial charge in [-0.2, -0.15) is 0 Å². The summed E-state index contributed by atoms with van der Waals surface area (Å²) in [5.41, 5.74) is 5.73. The molecule has 0 aromatic carbocycles. The summed E-state index contributed by atoms with van der Waals surface area (Å²) >= 11 is 0. The van der Waals surface area contributed by atoms with Crippen molar-refractivity contribution in [2.75, 3.05) is 11.5 Å². The Labute approximate surface area is 94.4 Å². The molecule has 2 N–H and O–H groups in total. The summed E-state index contributed by atoms with van der Waals surface area (Å²) in [6, 6.07) is 0.163. The van der Waals surface area contributed by atoms with Crippen LogP contribution in [0, 0.1) is 0 Å². The monoisotopic (exact) mass is 235 g/mol. The minimum atomic E-state index is -2.81. The van der Waals surface area contributed by atoms with Crippen LogP contribution in [-0.4, -0.2) is 26.0 Å². The summed E-state index contributed by atoms with van der Waals surface area (Å²) in [6.45, 7) is 4.10. The van der Waals surface area contributed by atoms with E-state index in [2.05, 4.69) is 6.92 Å². The topological polar surface area (TPSA) is 60.2 Å². The number of rotatable bonds is 9. The minimum absolute atomic E-state index is 0.163. The van der Waals surface area contributed by atoms with Crippen molar-refractivity contribution in [2.45, 2.75) is 58.4 Å². The predicted molar refractivity (Wildman–Crippen MR) is 65.7 cm³/mol. The van der Waals surface area contributed by atoms with Crippen LogP contribution < -0.4 is 5.73 Å². The van der Waals surface area contributed by atoms with E-state index in [4.69, 9.17) is 5.73 Å². The SMILES string of the molecule is CCCCCS(=O)(=O)CCCC(N)CC. The van der Waals surface area contributed by atoms with E-state index in [-0.39, 0.29) is 6.04 Å². The average Bonchev–Trinajstić information content (AvgIpc) is 2.17. The molecule has 92 valence electrons. The Balaban J connectivity index is 3.65. The van der Waals surface area contributed by atoms with Gasteiger partial charge < -0.3 is 5.73 Å². The molecule has 0 rings (SSSR count). The fourth-order valence-corrected chi connectivity index (χ4v) is 2.90. The van der Waals surface area contributed by atoms with Crippen LogP contribution in [0.4, 0.5) is 0 Å². The molecule has 0 amide bonds. The highest BCUT2D eigenvalue weighted by Crippen LogP contribution is 2.05. The van der Waals surface area contributed by atoms with Gasteiger partial charge in [0.15, 0.2) is 0 Å². The maximum absolute atomic E-state index is 11.5. The highest BCUT2D eigenvalue weighted by Gasteiger charge is 2.10. The molecule has 0 heterocycles. The fourth-order valence-electron chi connectivity index (χ4n) is 1.44. The smallest absolute Gasteiger partial charge is 0.150 e. The van der Waals surface area contributed by atoms with Gasteiger partial charge in [0.25, 0.3) is 0 Å². The number of unbranched alkanes of at least 4 members (excludes halogenated alkanes) is 2. The summed E-state index contributed by atoms with van der Waals surface area (Å²) in [5, 5.41) is 0. The van der Waals surface area contributed by atoms with Crippen molar-refractivity contribution in [1.29, 1.82) is 0 Å². The quantitative estimate of drug-likeness (QED) is 0.623. The molecule has 3 nitrogen and oxygen atoms in total. The van der Waals surface area contributed by atoms with Gasteiger partial charge in [-0.15, -0.1) is 0 Å². The van der Waals surface area contributed by atoms with Crippen LogP contribution in [0.2, 0.25) is 0 Å². The molecular weight excluding hydrogens is 210 g/mol. The summed E-state index contributed by atoms with van der Waals surface area (Å²) in [4.78, 5) is 0. The normalized spacial score (nSPS) is 14.1. The van der Waals surface area contributed by atoms with Crippen LogP contribution in [0.1, 0.15) is 52.4 Å². The van der Waals surface area contributed by atoms with E-state index in [1.807, 2.05) is 6.92 Å². The zero-order chi connectivity index (χ0) is 11.7. The van der Waals surface area contributed by atoms with Crippen molar-refractivity contribution in [3.63, 3.8) is 0 Å². The second-order valence-electron chi connectivity index (χ2n) is 4.17. The third-order valence-electron chi connectivity index (χ3n) is 2.61. The molecule has 15 heavy (non-hydrogen) atoms. The standard InChI is InChI=1S/C11H25NO2S/c1-3-5-6-9-15(13,14)10-7-8-11(12)4-2/h11H,3-10,12H2,1-2H3. The van der Waals surface area contributed by atoms with Crippen molar-refractivity contribution in [2.24, 2.45) is 5.73 Å². The first kappa shape index (κ1) is 14.9. The van der Waals surface area contributed by atoms with Crippen molar-refractivity contribution in [3.05, 3.63) is 0 Å². The molecule has 0 saturated carbocycles. The third-order valence-corrected chi connectivity index (χ3v) is 4.43. The van der Waals surface area contributed by atoms with Gasteiger partial charge in [-0.05, 0) is 25.7 Å². The van der Waals surface area contributed by atoms with Crippen molar-refractivity contribution in [1.82, 2.24) is 0 Å². The average molecular weight is 235 g/mol. The van der Waals surface area contributed by atoms with E-state index < -0.39 is 9.84 Å². The van der Waals surface area contributed by atoms with Gasteiger partial charge in [0.2, 0.25) is 0 Å². The molecule has 1 unspecified atom stereocenters. The van der Waals surface area contributed by atoms with Gasteiger partial charge in [0, 0.05) is 6.04 Å². The first-order chi connectivity index (χ1) is 7.02. The van der Waals surface area contributed by atoms with E-state index >= 15 is 0 Å². The van der Waals surface area contributed by atoms with Crippen molar-refractivity contribution < 1.29 is 8.42 Å². The van der Waals surface area contributed by atoms with Crippen LogP contribution in [0.25, 0.3) is 0 Å². The van der Waals surface area contributed by atoms with Crippen molar-refractivity contribution in [3.8, 4) is 0 Å². The first-order valence-electron chi connectivity index (χ1n) is 5.97. The van der Waals surface area contributed by atoms with E-state index in [1.54, 1.807) is 0 Å². The molecule has 0 fully saturated rings. The van der Waals surface area contributed by atoms with Crippen LogP contribution in [0.3, 0.4) is 0 Å². The van der Waals surface area contributed by atoms with Crippen LogP contribution in [0.15, 0.2) is 0 Å². The Hall–Kier alpha value is -0.0900. The highest BCUT2D eigenvalue weighted by atomic mass is 32.2. The molecule has 0 spiro atoms. The molecule has 0 saturated heterocycles. The Morgan fingerprint density at radius 2 is 1.67 bits per heavy atom. The van der Waals surface area contributed by atoms with Gasteiger partial charge >= 0.3 is 0 Å². The lowest BCUT2D eigenvalue weighted by molar-refractivity contribution is 0.565. The second-order valence-corrected chi connectivity index (χ2v) is 6.47. The minimum Gasteiger partial charge on any atom is -0.328 e. The number of nitrogens with two attached hydrogens (primary N) is 1. The van der Waals surface area contributed by atoms with E-state index in [0.717, 1.165) is 32.1 Å². The molecule has 0 radical (unpaired) electrons. The van der Waals surface area contributed by atoms with Crippen LogP contribution >= 0.6 is 0 Å². The number of hydrogen-bond donors (Lipinski definition) is 1. The molecule has 1 atom stereocenters. The second kappa shape index (κ2) is 8.11. The first-order valence-corrected chi connectivity index (χ1v) is 7.80. The summed E-state index contributed by atoms with van der Waals surface area (Å²) < 4.78 is 23.1. The third kappa shape index (κ3) is 8.88. The van der Waals surface area contributed by atoms with Crippen LogP contribution in [-0.2, 0) is 9.84 Å². The van der Waals surface area contributed by atoms with E-state index in [9.17, 15) is 8.42 Å². The zero-order valence-corrected chi connectivity index (χ0v) is 10.9. The zero-order valence-electron chi connectivity index (χ0n) is 10.0. The van der Waals surface area contributed by atoms with E-state index in [0.29, 0.717) is 17.9 Å². The van der Waals surface area contributed by atoms with Gasteiger partial charge in [-0.3, -0.25) is 0 Å². The molecule has 0 aromatic rings. The molecule has 4 heteroatoms.